The average molecular weight is 290 g/mol. The molecule has 3 nitrogen and oxygen atoms in total. The zero-order chi connectivity index (χ0) is 8.74. The third-order valence-corrected chi connectivity index (χ3v) is 4.65. The van der Waals surface area contributed by atoms with E-state index in [9.17, 15) is 0 Å². The van der Waals surface area contributed by atoms with Crippen LogP contribution in [0.2, 0.25) is 6.04 Å². The maximum absolute atomic E-state index is 5.53. The molecule has 6 heteroatoms. The summed E-state index contributed by atoms with van der Waals surface area (Å²) in [5.74, 6) is 0.616. The topological polar surface area (TPSA) is 27.7 Å². The second kappa shape index (κ2) is 8.85. The predicted molar refractivity (Wildman–Crippen MR) is 46.9 cm³/mol. The van der Waals surface area contributed by atoms with Gasteiger partial charge in [-0.25, -0.2) is 0 Å². The van der Waals surface area contributed by atoms with E-state index in [2.05, 4.69) is 0 Å². The molecule has 0 atom stereocenters. The van der Waals surface area contributed by atoms with Crippen LogP contribution in [0.25, 0.3) is 0 Å². The molecule has 0 heterocycles. The molecule has 0 rings (SSSR count). The Labute approximate surface area is 99.2 Å². The number of rotatable bonds is 6. The molecule has 0 aliphatic heterocycles. The van der Waals surface area contributed by atoms with Crippen molar-refractivity contribution in [2.75, 3.05) is 27.2 Å². The summed E-state index contributed by atoms with van der Waals surface area (Å²) in [7, 11) is 2.49. The first-order valence-corrected chi connectivity index (χ1v) is 5.92. The number of hydrogen-bond donors (Lipinski definition) is 0. The van der Waals surface area contributed by atoms with E-state index in [1.54, 1.807) is 21.3 Å². The molecule has 0 unspecified atom stereocenters. The fourth-order valence-electron chi connectivity index (χ4n) is 0.840. The van der Waals surface area contributed by atoms with Crippen LogP contribution in [0.3, 0.4) is 0 Å². The SMILES string of the molecule is CO[Si](CCCCl)(OC)OC.[Zr]. The second-order valence-electron chi connectivity index (χ2n) is 2.09. The molecule has 0 saturated carbocycles. The molecule has 0 spiro atoms. The average Bonchev–Trinajstić information content (AvgIpc) is 2.08. The molecule has 0 radical (unpaired) electrons. The Kier molecular flexibility index (Phi) is 11.6. The van der Waals surface area contributed by atoms with Crippen molar-refractivity contribution in [1.29, 1.82) is 0 Å². The maximum Gasteiger partial charge on any atom is 0.500 e. The molecule has 12 heavy (non-hydrogen) atoms. The van der Waals surface area contributed by atoms with E-state index in [-0.39, 0.29) is 26.2 Å². The smallest absolute Gasteiger partial charge is 0.377 e. The van der Waals surface area contributed by atoms with Gasteiger partial charge in [-0.3, -0.25) is 0 Å². The third-order valence-electron chi connectivity index (χ3n) is 1.55. The van der Waals surface area contributed by atoms with Crippen LogP contribution in [0.15, 0.2) is 0 Å². The zero-order valence-electron chi connectivity index (χ0n) is 7.72. The summed E-state index contributed by atoms with van der Waals surface area (Å²) >= 11 is 5.53. The van der Waals surface area contributed by atoms with E-state index in [4.69, 9.17) is 24.9 Å². The van der Waals surface area contributed by atoms with Gasteiger partial charge in [0.25, 0.3) is 0 Å². The Morgan fingerprint density at radius 3 is 1.75 bits per heavy atom. The summed E-state index contributed by atoms with van der Waals surface area (Å²) in [5, 5.41) is 0. The number of hydrogen-bond acceptors (Lipinski definition) is 3. The first-order valence-electron chi connectivity index (χ1n) is 3.46. The summed E-state index contributed by atoms with van der Waals surface area (Å²) in [6.07, 6.45) is 0.864. The summed E-state index contributed by atoms with van der Waals surface area (Å²) in [5.41, 5.74) is 0. The van der Waals surface area contributed by atoms with E-state index in [0.29, 0.717) is 5.88 Å². The van der Waals surface area contributed by atoms with E-state index in [0.717, 1.165) is 12.5 Å². The van der Waals surface area contributed by atoms with Crippen molar-refractivity contribution in [3.63, 3.8) is 0 Å². The summed E-state index contributed by atoms with van der Waals surface area (Å²) < 4.78 is 15.5. The predicted octanol–water partition coefficient (Wildman–Crippen LogP) is 1.49. The molecule has 0 aliphatic carbocycles. The van der Waals surface area contributed by atoms with Crippen LogP contribution in [0.5, 0.6) is 0 Å². The Morgan fingerprint density at radius 1 is 1.08 bits per heavy atom. The first kappa shape index (κ1) is 15.7. The Bertz CT molecular complexity index is 94.5. The summed E-state index contributed by atoms with van der Waals surface area (Å²) in [4.78, 5) is 0. The molecule has 0 fully saturated rings. The van der Waals surface area contributed by atoms with E-state index < -0.39 is 8.80 Å². The van der Waals surface area contributed by atoms with Crippen molar-refractivity contribution in [3.8, 4) is 0 Å². The minimum Gasteiger partial charge on any atom is -0.377 e. The normalized spacial score (nSPS) is 11.0. The van der Waals surface area contributed by atoms with E-state index in [1.165, 1.54) is 0 Å². The number of halogens is 1. The minimum absolute atomic E-state index is 0. The van der Waals surface area contributed by atoms with Crippen LogP contribution < -0.4 is 0 Å². The molecule has 0 aliphatic rings. The minimum atomic E-state index is -2.32. The van der Waals surface area contributed by atoms with Crippen LogP contribution in [-0.2, 0) is 39.5 Å². The fraction of sp³-hybridized carbons (Fsp3) is 1.00. The van der Waals surface area contributed by atoms with Crippen LogP contribution in [0.4, 0.5) is 0 Å². The van der Waals surface area contributed by atoms with Crippen LogP contribution in [-0.4, -0.2) is 36.0 Å². The monoisotopic (exact) mass is 288 g/mol. The Balaban J connectivity index is 0. The van der Waals surface area contributed by atoms with Gasteiger partial charge in [0.05, 0.1) is 0 Å². The largest absolute Gasteiger partial charge is 0.500 e. The second-order valence-corrected chi connectivity index (χ2v) is 5.56. The van der Waals surface area contributed by atoms with Gasteiger partial charge in [-0.2, -0.15) is 0 Å². The van der Waals surface area contributed by atoms with Gasteiger partial charge in [0, 0.05) is 59.5 Å². The van der Waals surface area contributed by atoms with Gasteiger partial charge in [0.15, 0.2) is 0 Å². The van der Waals surface area contributed by atoms with Crippen LogP contribution >= 0.6 is 11.6 Å². The molecule has 72 valence electrons. The van der Waals surface area contributed by atoms with E-state index in [1.807, 2.05) is 0 Å². The molecule has 0 amide bonds. The standard InChI is InChI=1S/C6H15ClO3Si.Zr/c1-8-11(9-2,10-3)6-4-5-7;/h4-6H2,1-3H3;. The molecule has 0 aromatic heterocycles. The van der Waals surface area contributed by atoms with Crippen molar-refractivity contribution in [3.05, 3.63) is 0 Å². The van der Waals surface area contributed by atoms with E-state index >= 15 is 0 Å². The van der Waals surface area contributed by atoms with Gasteiger partial charge < -0.3 is 13.3 Å². The molecule has 0 N–H and O–H groups in total. The van der Waals surface area contributed by atoms with Gasteiger partial charge in [-0.15, -0.1) is 11.6 Å². The quantitative estimate of drug-likeness (QED) is 0.548. The van der Waals surface area contributed by atoms with Crippen LogP contribution in [0.1, 0.15) is 6.42 Å². The Morgan fingerprint density at radius 2 is 1.50 bits per heavy atom. The van der Waals surface area contributed by atoms with Crippen LogP contribution in [0, 0.1) is 0 Å². The molecular weight excluding hydrogens is 275 g/mol. The maximum atomic E-state index is 5.53. The van der Waals surface area contributed by atoms with Crippen molar-refractivity contribution < 1.29 is 39.5 Å². The third kappa shape index (κ3) is 5.10. The van der Waals surface area contributed by atoms with Gasteiger partial charge in [-0.05, 0) is 6.42 Å². The Hall–Kier alpha value is 1.27. The van der Waals surface area contributed by atoms with Gasteiger partial charge in [-0.1, -0.05) is 0 Å². The van der Waals surface area contributed by atoms with Crippen molar-refractivity contribution in [1.82, 2.24) is 0 Å². The molecule has 0 bridgehead atoms. The summed E-state index contributed by atoms with van der Waals surface area (Å²) in [6, 6.07) is 0.778. The zero-order valence-corrected chi connectivity index (χ0v) is 11.9. The number of alkyl halides is 1. The molecular formula is C6H15ClO3SiZr. The van der Waals surface area contributed by atoms with Gasteiger partial charge in [0.2, 0.25) is 0 Å². The molecule has 0 saturated heterocycles. The molecule has 0 aromatic rings. The fourth-order valence-corrected chi connectivity index (χ4v) is 2.92. The van der Waals surface area contributed by atoms with Gasteiger partial charge >= 0.3 is 8.80 Å². The van der Waals surface area contributed by atoms with Crippen molar-refractivity contribution >= 4 is 20.4 Å². The van der Waals surface area contributed by atoms with Gasteiger partial charge in [0.1, 0.15) is 0 Å². The van der Waals surface area contributed by atoms with Crippen molar-refractivity contribution in [2.24, 2.45) is 0 Å². The molecule has 0 aromatic carbocycles. The van der Waals surface area contributed by atoms with Crippen molar-refractivity contribution in [2.45, 2.75) is 12.5 Å². The summed E-state index contributed by atoms with van der Waals surface area (Å²) in [6.45, 7) is 0. The first-order chi connectivity index (χ1) is 5.24.